The van der Waals surface area contributed by atoms with Gasteiger partial charge in [-0.25, -0.2) is 9.18 Å². The second-order valence-corrected chi connectivity index (χ2v) is 7.53. The van der Waals surface area contributed by atoms with Gasteiger partial charge < -0.3 is 23.5 Å². The molecule has 1 aromatic carbocycles. The van der Waals surface area contributed by atoms with Gasteiger partial charge in [0.15, 0.2) is 6.61 Å². The number of aromatic nitrogens is 1. The van der Waals surface area contributed by atoms with Gasteiger partial charge in [0, 0.05) is 16.6 Å². The largest absolute Gasteiger partial charge is 0.467 e. The lowest BCUT2D eigenvalue weighted by molar-refractivity contribution is -0.119. The number of benzene rings is 1. The van der Waals surface area contributed by atoms with Gasteiger partial charge in [0.05, 0.1) is 18.4 Å². The number of amides is 1. The van der Waals surface area contributed by atoms with Crippen LogP contribution in [0.1, 0.15) is 38.7 Å². The van der Waals surface area contributed by atoms with Crippen molar-refractivity contribution in [1.82, 2.24) is 4.57 Å². The van der Waals surface area contributed by atoms with Crippen LogP contribution in [0.5, 0.6) is 0 Å². The topological polar surface area (TPSA) is 110 Å². The highest BCUT2D eigenvalue weighted by Crippen LogP contribution is 2.28. The molecule has 8 nitrogen and oxygen atoms in total. The molecular weight excluding hydrogens is 429 g/mol. The van der Waals surface area contributed by atoms with E-state index in [9.17, 15) is 19.2 Å². The number of nitrogens with one attached hydrogen (secondary N) is 1. The summed E-state index contributed by atoms with van der Waals surface area (Å²) in [5.41, 5.74) is 2.58. The monoisotopic (exact) mass is 449 g/mol. The molecule has 0 aliphatic heterocycles. The quantitative estimate of drug-likeness (QED) is 0.431. The third kappa shape index (κ3) is 4.11. The fourth-order valence-corrected chi connectivity index (χ4v) is 3.64. The standard InChI is InChI=1S/C24H20FN3O5/c1-13-15(3)28(11-17-5-4-8-31-17)23(19(13)10-26)27-21(29)12-32-24(30)22-14(2)18-9-16(25)6-7-20(18)33-22/h4-9H,11-12H2,1-3H3,(H,27,29). The van der Waals surface area contributed by atoms with Crippen LogP contribution in [-0.2, 0) is 16.1 Å². The molecule has 0 saturated heterocycles. The molecule has 0 spiro atoms. The molecule has 0 aliphatic carbocycles. The summed E-state index contributed by atoms with van der Waals surface area (Å²) in [6.45, 7) is 4.94. The maximum absolute atomic E-state index is 13.5. The van der Waals surface area contributed by atoms with Crippen molar-refractivity contribution in [2.45, 2.75) is 27.3 Å². The van der Waals surface area contributed by atoms with Crippen LogP contribution in [0.4, 0.5) is 10.2 Å². The van der Waals surface area contributed by atoms with E-state index in [-0.39, 0.29) is 5.76 Å². The Morgan fingerprint density at radius 2 is 2.00 bits per heavy atom. The summed E-state index contributed by atoms with van der Waals surface area (Å²) >= 11 is 0. The zero-order chi connectivity index (χ0) is 23.7. The van der Waals surface area contributed by atoms with E-state index in [2.05, 4.69) is 11.4 Å². The lowest BCUT2D eigenvalue weighted by atomic mass is 10.1. The highest BCUT2D eigenvalue weighted by atomic mass is 19.1. The first kappa shape index (κ1) is 21.9. The first-order chi connectivity index (χ1) is 15.8. The maximum Gasteiger partial charge on any atom is 0.375 e. The van der Waals surface area contributed by atoms with Crippen molar-refractivity contribution in [2.75, 3.05) is 11.9 Å². The lowest BCUT2D eigenvalue weighted by Gasteiger charge is -2.12. The predicted octanol–water partition coefficient (Wildman–Crippen LogP) is 4.61. The van der Waals surface area contributed by atoms with Crippen molar-refractivity contribution < 1.29 is 27.6 Å². The number of nitrogens with zero attached hydrogens (tertiary/aromatic N) is 2. The van der Waals surface area contributed by atoms with Crippen molar-refractivity contribution in [3.05, 3.63) is 76.3 Å². The Labute approximate surface area is 188 Å². The Morgan fingerprint density at radius 1 is 1.21 bits per heavy atom. The molecule has 0 radical (unpaired) electrons. The molecule has 0 saturated carbocycles. The Morgan fingerprint density at radius 3 is 2.70 bits per heavy atom. The van der Waals surface area contributed by atoms with E-state index in [4.69, 9.17) is 13.6 Å². The molecule has 9 heteroatoms. The van der Waals surface area contributed by atoms with Crippen LogP contribution in [0, 0.1) is 37.9 Å². The summed E-state index contributed by atoms with van der Waals surface area (Å²) in [4.78, 5) is 25.1. The minimum Gasteiger partial charge on any atom is -0.467 e. The first-order valence-electron chi connectivity index (χ1n) is 10.1. The number of carbonyl (C=O) groups is 2. The molecule has 3 aromatic heterocycles. The number of fused-ring (bicyclic) bond motifs is 1. The van der Waals surface area contributed by atoms with E-state index >= 15 is 0 Å². The van der Waals surface area contributed by atoms with Crippen molar-refractivity contribution in [1.29, 1.82) is 5.26 Å². The summed E-state index contributed by atoms with van der Waals surface area (Å²) in [6, 6.07) is 9.55. The van der Waals surface area contributed by atoms with E-state index in [1.165, 1.54) is 18.2 Å². The minimum absolute atomic E-state index is 0.103. The zero-order valence-electron chi connectivity index (χ0n) is 18.2. The van der Waals surface area contributed by atoms with Crippen LogP contribution in [0.2, 0.25) is 0 Å². The molecule has 0 unspecified atom stereocenters. The number of aryl methyl sites for hydroxylation is 1. The van der Waals surface area contributed by atoms with Crippen LogP contribution in [-0.4, -0.2) is 23.1 Å². The summed E-state index contributed by atoms with van der Waals surface area (Å²) < 4.78 is 31.2. The average molecular weight is 449 g/mol. The molecule has 3 heterocycles. The summed E-state index contributed by atoms with van der Waals surface area (Å²) in [5.74, 6) is -1.09. The van der Waals surface area contributed by atoms with Gasteiger partial charge in [0.25, 0.3) is 5.91 Å². The molecule has 1 N–H and O–H groups in total. The van der Waals surface area contributed by atoms with Crippen molar-refractivity contribution >= 4 is 28.7 Å². The third-order valence-corrected chi connectivity index (χ3v) is 5.51. The molecule has 33 heavy (non-hydrogen) atoms. The number of hydrogen-bond donors (Lipinski definition) is 1. The first-order valence-corrected chi connectivity index (χ1v) is 10.1. The van der Waals surface area contributed by atoms with Gasteiger partial charge in [-0.3, -0.25) is 4.79 Å². The molecule has 0 bridgehead atoms. The number of ether oxygens (including phenoxy) is 1. The van der Waals surface area contributed by atoms with Crippen molar-refractivity contribution in [3.8, 4) is 6.07 Å². The van der Waals surface area contributed by atoms with Gasteiger partial charge in [-0.05, 0) is 56.7 Å². The van der Waals surface area contributed by atoms with Gasteiger partial charge in [-0.15, -0.1) is 0 Å². The number of anilines is 1. The highest BCUT2D eigenvalue weighted by Gasteiger charge is 2.23. The molecule has 1 amide bonds. The van der Waals surface area contributed by atoms with Gasteiger partial charge in [0.2, 0.25) is 5.76 Å². The van der Waals surface area contributed by atoms with Crippen molar-refractivity contribution in [2.24, 2.45) is 0 Å². The number of hydrogen-bond acceptors (Lipinski definition) is 6. The zero-order valence-corrected chi connectivity index (χ0v) is 18.2. The Hall–Kier alpha value is -4.32. The maximum atomic E-state index is 13.5. The average Bonchev–Trinajstić information content (AvgIpc) is 3.48. The van der Waals surface area contributed by atoms with Gasteiger partial charge >= 0.3 is 5.97 Å². The second-order valence-electron chi connectivity index (χ2n) is 7.53. The van der Waals surface area contributed by atoms with E-state index in [0.717, 1.165) is 11.3 Å². The number of esters is 1. The second kappa shape index (κ2) is 8.67. The smallest absolute Gasteiger partial charge is 0.375 e. The van der Waals surface area contributed by atoms with E-state index < -0.39 is 24.3 Å². The Balaban J connectivity index is 1.50. The molecule has 4 rings (SSSR count). The highest BCUT2D eigenvalue weighted by molar-refractivity contribution is 5.98. The van der Waals surface area contributed by atoms with E-state index in [1.54, 1.807) is 36.8 Å². The predicted molar refractivity (Wildman–Crippen MR) is 116 cm³/mol. The van der Waals surface area contributed by atoms with Gasteiger partial charge in [-0.2, -0.15) is 5.26 Å². The molecule has 4 aromatic rings. The Kier molecular flexibility index (Phi) is 5.75. The third-order valence-electron chi connectivity index (χ3n) is 5.51. The van der Waals surface area contributed by atoms with Gasteiger partial charge in [-0.1, -0.05) is 0 Å². The van der Waals surface area contributed by atoms with Crippen molar-refractivity contribution in [3.63, 3.8) is 0 Å². The normalized spacial score (nSPS) is 10.9. The Bertz CT molecular complexity index is 1410. The number of carbonyl (C=O) groups excluding carboxylic acids is 2. The fourth-order valence-electron chi connectivity index (χ4n) is 3.64. The summed E-state index contributed by atoms with van der Waals surface area (Å²) in [7, 11) is 0. The van der Waals surface area contributed by atoms with Crippen LogP contribution in [0.15, 0.2) is 45.4 Å². The fraction of sp³-hybridized carbons (Fsp3) is 0.208. The minimum atomic E-state index is -0.849. The van der Waals surface area contributed by atoms with Crippen LogP contribution in [0.3, 0.4) is 0 Å². The molecule has 0 aliphatic rings. The SMILES string of the molecule is Cc1c(C#N)c(NC(=O)COC(=O)c2oc3ccc(F)cc3c2C)n(Cc2ccco2)c1C. The van der Waals surface area contributed by atoms with E-state index in [0.29, 0.717) is 40.2 Å². The summed E-state index contributed by atoms with van der Waals surface area (Å²) in [5, 5.41) is 12.7. The van der Waals surface area contributed by atoms with E-state index in [1.807, 2.05) is 6.92 Å². The van der Waals surface area contributed by atoms with Crippen LogP contribution >= 0.6 is 0 Å². The number of rotatable bonds is 6. The number of nitriles is 1. The summed E-state index contributed by atoms with van der Waals surface area (Å²) in [6.07, 6.45) is 1.54. The molecule has 168 valence electrons. The molecule has 0 atom stereocenters. The van der Waals surface area contributed by atoms with Gasteiger partial charge in [0.1, 0.15) is 29.0 Å². The number of halogens is 1. The molecule has 0 fully saturated rings. The number of furan rings is 2. The van der Waals surface area contributed by atoms with Crippen LogP contribution < -0.4 is 5.32 Å². The van der Waals surface area contributed by atoms with Crippen LogP contribution in [0.25, 0.3) is 11.0 Å². The molecular formula is C24H20FN3O5. The lowest BCUT2D eigenvalue weighted by Crippen LogP contribution is -2.23.